The van der Waals surface area contributed by atoms with E-state index in [4.69, 9.17) is 9.40 Å². The fourth-order valence-electron chi connectivity index (χ4n) is 4.39. The van der Waals surface area contributed by atoms with E-state index >= 15 is 0 Å². The van der Waals surface area contributed by atoms with Gasteiger partial charge in [-0.1, -0.05) is 30.3 Å². The van der Waals surface area contributed by atoms with Crippen molar-refractivity contribution in [1.82, 2.24) is 19.7 Å². The molecule has 1 unspecified atom stereocenters. The Bertz CT molecular complexity index is 1060. The number of amides is 2. The van der Waals surface area contributed by atoms with Crippen molar-refractivity contribution in [3.05, 3.63) is 65.6 Å². The van der Waals surface area contributed by atoms with Crippen molar-refractivity contribution in [3.8, 4) is 10.6 Å². The summed E-state index contributed by atoms with van der Waals surface area (Å²) in [5.41, 5.74) is 2.22. The van der Waals surface area contributed by atoms with Crippen molar-refractivity contribution < 1.29 is 14.0 Å². The van der Waals surface area contributed by atoms with Crippen molar-refractivity contribution in [1.29, 1.82) is 0 Å². The van der Waals surface area contributed by atoms with Gasteiger partial charge in [-0.05, 0) is 12.1 Å². The molecule has 3 aromatic rings. The number of furan rings is 1. The van der Waals surface area contributed by atoms with Gasteiger partial charge in [0, 0.05) is 56.6 Å². The molecule has 2 fully saturated rings. The highest BCUT2D eigenvalue weighted by Crippen LogP contribution is 2.25. The van der Waals surface area contributed by atoms with Crippen molar-refractivity contribution in [3.63, 3.8) is 0 Å². The second-order valence-electron chi connectivity index (χ2n) is 8.37. The van der Waals surface area contributed by atoms with Gasteiger partial charge in [-0.3, -0.25) is 14.5 Å². The van der Waals surface area contributed by atoms with E-state index in [0.29, 0.717) is 32.6 Å². The third-order valence-electron chi connectivity index (χ3n) is 6.13. The van der Waals surface area contributed by atoms with Crippen molar-refractivity contribution in [2.75, 3.05) is 32.7 Å². The summed E-state index contributed by atoms with van der Waals surface area (Å²) in [5, 5.41) is 3.16. The molecular formula is C24H26N4O3S. The molecular weight excluding hydrogens is 424 g/mol. The molecule has 0 N–H and O–H groups in total. The molecule has 7 nitrogen and oxygen atoms in total. The number of hydrogen-bond donors (Lipinski definition) is 0. The average Bonchev–Trinajstić information content (AvgIpc) is 3.57. The number of carbonyl (C=O) groups is 2. The van der Waals surface area contributed by atoms with Gasteiger partial charge in [0.25, 0.3) is 0 Å². The maximum atomic E-state index is 13.0. The van der Waals surface area contributed by atoms with Crippen LogP contribution in [0.2, 0.25) is 0 Å². The predicted molar refractivity (Wildman–Crippen MR) is 122 cm³/mol. The molecule has 0 bridgehead atoms. The largest absolute Gasteiger partial charge is 0.467 e. The van der Waals surface area contributed by atoms with Crippen LogP contribution in [0.25, 0.3) is 10.6 Å². The molecule has 2 aliphatic heterocycles. The summed E-state index contributed by atoms with van der Waals surface area (Å²) in [6.45, 7) is 4.72. The summed E-state index contributed by atoms with van der Waals surface area (Å²) in [6.07, 6.45) is 1.90. The minimum atomic E-state index is -0.254. The SMILES string of the molecule is O=C1CC(C(=O)N2CCN(Cc3csc(-c4ccccc4)n3)CC2)CN1Cc1ccco1. The van der Waals surface area contributed by atoms with Gasteiger partial charge in [0.15, 0.2) is 0 Å². The van der Waals surface area contributed by atoms with E-state index < -0.39 is 0 Å². The fraction of sp³-hybridized carbons (Fsp3) is 0.375. The molecule has 5 rings (SSSR count). The van der Waals surface area contributed by atoms with Gasteiger partial charge in [0.1, 0.15) is 10.8 Å². The molecule has 1 atom stereocenters. The zero-order valence-corrected chi connectivity index (χ0v) is 18.7. The van der Waals surface area contributed by atoms with Crippen LogP contribution in [0.5, 0.6) is 0 Å². The first-order valence-electron chi connectivity index (χ1n) is 11.0. The maximum absolute atomic E-state index is 13.0. The third kappa shape index (κ3) is 4.61. The van der Waals surface area contributed by atoms with Crippen molar-refractivity contribution in [2.45, 2.75) is 19.5 Å². The Kier molecular flexibility index (Phi) is 6.05. The lowest BCUT2D eigenvalue weighted by molar-refractivity contribution is -0.137. The van der Waals surface area contributed by atoms with Crippen molar-refractivity contribution in [2.24, 2.45) is 5.92 Å². The topological polar surface area (TPSA) is 69.9 Å². The zero-order valence-electron chi connectivity index (χ0n) is 17.9. The summed E-state index contributed by atoms with van der Waals surface area (Å²) < 4.78 is 5.34. The molecule has 2 aliphatic rings. The zero-order chi connectivity index (χ0) is 21.9. The Labute approximate surface area is 191 Å². The molecule has 4 heterocycles. The van der Waals surface area contributed by atoms with Gasteiger partial charge in [0.05, 0.1) is 24.4 Å². The van der Waals surface area contributed by atoms with Crippen LogP contribution in [0.3, 0.4) is 0 Å². The molecule has 2 saturated heterocycles. The molecule has 1 aromatic carbocycles. The third-order valence-corrected chi connectivity index (χ3v) is 7.07. The molecule has 166 valence electrons. The molecule has 0 aliphatic carbocycles. The van der Waals surface area contributed by atoms with E-state index in [0.717, 1.165) is 41.7 Å². The minimum Gasteiger partial charge on any atom is -0.467 e. The molecule has 2 aromatic heterocycles. The number of thiazole rings is 1. The Morgan fingerprint density at radius 3 is 2.62 bits per heavy atom. The van der Waals surface area contributed by atoms with Crippen LogP contribution in [-0.2, 0) is 22.7 Å². The first-order valence-corrected chi connectivity index (χ1v) is 11.8. The number of piperazine rings is 1. The van der Waals surface area contributed by atoms with Crippen LogP contribution in [0, 0.1) is 5.92 Å². The van der Waals surface area contributed by atoms with Crippen LogP contribution in [0.1, 0.15) is 17.9 Å². The lowest BCUT2D eigenvalue weighted by Gasteiger charge is -2.35. The number of carbonyl (C=O) groups excluding carboxylic acids is 2. The normalized spacial score (nSPS) is 19.6. The number of benzene rings is 1. The first-order chi connectivity index (χ1) is 15.7. The Morgan fingerprint density at radius 2 is 1.88 bits per heavy atom. The van der Waals surface area contributed by atoms with E-state index in [1.54, 1.807) is 22.5 Å². The summed E-state index contributed by atoms with van der Waals surface area (Å²) in [7, 11) is 0. The Balaban J connectivity index is 1.11. The quantitative estimate of drug-likeness (QED) is 0.577. The molecule has 8 heteroatoms. The van der Waals surface area contributed by atoms with Crippen LogP contribution < -0.4 is 0 Å². The average molecular weight is 451 g/mol. The van der Waals surface area contributed by atoms with Crippen LogP contribution >= 0.6 is 11.3 Å². The summed E-state index contributed by atoms with van der Waals surface area (Å²) in [6, 6.07) is 13.9. The summed E-state index contributed by atoms with van der Waals surface area (Å²) in [4.78, 5) is 36.1. The van der Waals surface area contributed by atoms with Crippen molar-refractivity contribution >= 4 is 23.2 Å². The highest BCUT2D eigenvalue weighted by atomic mass is 32.1. The van der Waals surface area contributed by atoms with E-state index in [-0.39, 0.29) is 17.7 Å². The number of rotatable bonds is 6. The molecule has 2 amide bonds. The number of aromatic nitrogens is 1. The first kappa shape index (κ1) is 20.9. The Morgan fingerprint density at radius 1 is 1.06 bits per heavy atom. The second kappa shape index (κ2) is 9.26. The standard InChI is InChI=1S/C24H26N4O3S/c29-22-13-19(14-28(22)16-21-7-4-12-31-21)24(30)27-10-8-26(9-11-27)15-20-17-32-23(25-20)18-5-2-1-3-6-18/h1-7,12,17,19H,8-11,13-16H2. The Hall–Kier alpha value is -2.97. The fourth-order valence-corrected chi connectivity index (χ4v) is 5.20. The number of likely N-dealkylation sites (tertiary alicyclic amines) is 1. The molecule has 32 heavy (non-hydrogen) atoms. The second-order valence-corrected chi connectivity index (χ2v) is 9.22. The lowest BCUT2D eigenvalue weighted by Crippen LogP contribution is -2.50. The monoisotopic (exact) mass is 450 g/mol. The number of nitrogens with zero attached hydrogens (tertiary/aromatic N) is 4. The highest BCUT2D eigenvalue weighted by molar-refractivity contribution is 7.13. The van der Waals surface area contributed by atoms with Crippen LogP contribution in [0.4, 0.5) is 0 Å². The summed E-state index contributed by atoms with van der Waals surface area (Å²) >= 11 is 1.67. The lowest BCUT2D eigenvalue weighted by atomic mass is 10.1. The van der Waals surface area contributed by atoms with Gasteiger partial charge in [-0.15, -0.1) is 11.3 Å². The molecule has 0 spiro atoms. The number of hydrogen-bond acceptors (Lipinski definition) is 6. The van der Waals surface area contributed by atoms with E-state index in [1.807, 2.05) is 35.2 Å². The van der Waals surface area contributed by atoms with Crippen LogP contribution in [-0.4, -0.2) is 64.2 Å². The van der Waals surface area contributed by atoms with Gasteiger partial charge >= 0.3 is 0 Å². The maximum Gasteiger partial charge on any atom is 0.228 e. The van der Waals surface area contributed by atoms with Gasteiger partial charge in [0.2, 0.25) is 11.8 Å². The smallest absolute Gasteiger partial charge is 0.228 e. The predicted octanol–water partition coefficient (Wildman–Crippen LogP) is 3.10. The van der Waals surface area contributed by atoms with E-state index in [9.17, 15) is 9.59 Å². The van der Waals surface area contributed by atoms with Gasteiger partial charge in [-0.25, -0.2) is 4.98 Å². The van der Waals surface area contributed by atoms with Gasteiger partial charge in [-0.2, -0.15) is 0 Å². The summed E-state index contributed by atoms with van der Waals surface area (Å²) in [5.74, 6) is 0.615. The van der Waals surface area contributed by atoms with Gasteiger partial charge < -0.3 is 14.2 Å². The van der Waals surface area contributed by atoms with E-state index in [1.165, 1.54) is 0 Å². The van der Waals surface area contributed by atoms with E-state index in [2.05, 4.69) is 22.4 Å². The molecule has 0 radical (unpaired) electrons. The van der Waals surface area contributed by atoms with Crippen LogP contribution in [0.15, 0.2) is 58.5 Å². The molecule has 0 saturated carbocycles. The highest BCUT2D eigenvalue weighted by Gasteiger charge is 2.37. The minimum absolute atomic E-state index is 0.0242.